The topological polar surface area (TPSA) is 78.7 Å². The predicted molar refractivity (Wildman–Crippen MR) is 74.8 cm³/mol. The number of furan rings is 1. The van der Waals surface area contributed by atoms with Crippen molar-refractivity contribution < 1.29 is 9.21 Å². The minimum absolute atomic E-state index is 0.0125. The highest BCUT2D eigenvalue weighted by Gasteiger charge is 2.26. The zero-order chi connectivity index (χ0) is 14.3. The molecule has 1 aromatic rings. The number of carbonyl (C=O) groups is 1. The minimum Gasteiger partial charge on any atom is -0.467 e. The molecule has 0 aromatic carbocycles. The second-order valence-electron chi connectivity index (χ2n) is 4.82. The van der Waals surface area contributed by atoms with Gasteiger partial charge in [0.25, 0.3) is 0 Å². The molecule has 19 heavy (non-hydrogen) atoms. The van der Waals surface area contributed by atoms with E-state index in [2.05, 4.69) is 20.9 Å². The van der Waals surface area contributed by atoms with E-state index >= 15 is 0 Å². The summed E-state index contributed by atoms with van der Waals surface area (Å²) in [5.41, 5.74) is -0.503. The van der Waals surface area contributed by atoms with Crippen LogP contribution in [0.1, 0.15) is 19.6 Å². The zero-order valence-electron chi connectivity index (χ0n) is 11.9. The van der Waals surface area contributed by atoms with Gasteiger partial charge in [-0.15, -0.1) is 0 Å². The molecular weight excluding hydrogens is 244 g/mol. The van der Waals surface area contributed by atoms with E-state index in [1.807, 2.05) is 26.0 Å². The van der Waals surface area contributed by atoms with Gasteiger partial charge in [-0.25, -0.2) is 0 Å². The average molecular weight is 266 g/mol. The number of nitrogens with one attached hydrogen (secondary N) is 3. The lowest BCUT2D eigenvalue weighted by atomic mass is 9.92. The molecule has 106 valence electrons. The molecule has 1 rings (SSSR count). The summed E-state index contributed by atoms with van der Waals surface area (Å²) in [5, 5.41) is 8.89. The molecule has 0 spiro atoms. The van der Waals surface area contributed by atoms with E-state index in [0.29, 0.717) is 19.0 Å². The Morgan fingerprint density at radius 2 is 2.16 bits per heavy atom. The molecule has 1 aromatic heterocycles. The van der Waals surface area contributed by atoms with Crippen LogP contribution in [-0.2, 0) is 11.3 Å². The highest BCUT2D eigenvalue weighted by molar-refractivity contribution is 5.84. The minimum atomic E-state index is -0.503. The Morgan fingerprint density at radius 1 is 1.42 bits per heavy atom. The summed E-state index contributed by atoms with van der Waals surface area (Å²) in [6.07, 6.45) is 1.63. The van der Waals surface area contributed by atoms with Gasteiger partial charge in [0.2, 0.25) is 5.91 Å². The molecule has 1 amide bonds. The smallest absolute Gasteiger partial charge is 0.227 e. The number of aliphatic imine (C=N–C) groups is 1. The first-order valence-corrected chi connectivity index (χ1v) is 6.18. The number of amides is 1. The average Bonchev–Trinajstić information content (AvgIpc) is 2.91. The van der Waals surface area contributed by atoms with Crippen LogP contribution >= 0.6 is 0 Å². The van der Waals surface area contributed by atoms with Gasteiger partial charge in [0, 0.05) is 20.6 Å². The molecule has 0 bridgehead atoms. The van der Waals surface area contributed by atoms with E-state index < -0.39 is 5.41 Å². The lowest BCUT2D eigenvalue weighted by Gasteiger charge is -2.24. The van der Waals surface area contributed by atoms with Crippen molar-refractivity contribution in [2.75, 3.05) is 20.6 Å². The monoisotopic (exact) mass is 266 g/mol. The number of rotatable bonds is 5. The van der Waals surface area contributed by atoms with E-state index in [1.165, 1.54) is 0 Å². The first-order chi connectivity index (χ1) is 8.99. The molecule has 6 heteroatoms. The van der Waals surface area contributed by atoms with Gasteiger partial charge in [-0.1, -0.05) is 0 Å². The van der Waals surface area contributed by atoms with Crippen LogP contribution in [0.3, 0.4) is 0 Å². The second kappa shape index (κ2) is 6.82. The van der Waals surface area contributed by atoms with Crippen LogP contribution in [0.2, 0.25) is 0 Å². The Balaban J connectivity index is 2.43. The van der Waals surface area contributed by atoms with Gasteiger partial charge < -0.3 is 20.4 Å². The van der Waals surface area contributed by atoms with E-state index in [-0.39, 0.29) is 5.91 Å². The number of nitrogens with zero attached hydrogens (tertiary/aromatic N) is 1. The summed E-state index contributed by atoms with van der Waals surface area (Å²) in [4.78, 5) is 15.7. The van der Waals surface area contributed by atoms with Gasteiger partial charge in [-0.2, -0.15) is 0 Å². The highest BCUT2D eigenvalue weighted by atomic mass is 16.3. The van der Waals surface area contributed by atoms with Crippen LogP contribution in [0.25, 0.3) is 0 Å². The normalized spacial score (nSPS) is 12.1. The first-order valence-electron chi connectivity index (χ1n) is 6.18. The third-order valence-electron chi connectivity index (χ3n) is 2.77. The Morgan fingerprint density at radius 3 is 2.68 bits per heavy atom. The number of guanidine groups is 1. The van der Waals surface area contributed by atoms with Crippen molar-refractivity contribution in [1.82, 2.24) is 16.0 Å². The maximum atomic E-state index is 11.7. The molecule has 0 aliphatic carbocycles. The fraction of sp³-hybridized carbons (Fsp3) is 0.538. The summed E-state index contributed by atoms with van der Waals surface area (Å²) in [6, 6.07) is 3.72. The van der Waals surface area contributed by atoms with E-state index in [4.69, 9.17) is 4.42 Å². The predicted octanol–water partition coefficient (Wildman–Crippen LogP) is 0.717. The fourth-order valence-electron chi connectivity index (χ4n) is 1.53. The quantitative estimate of drug-likeness (QED) is 0.542. The number of hydrogen-bond acceptors (Lipinski definition) is 3. The molecule has 3 N–H and O–H groups in total. The number of hydrogen-bond donors (Lipinski definition) is 3. The summed E-state index contributed by atoms with van der Waals surface area (Å²) >= 11 is 0. The van der Waals surface area contributed by atoms with E-state index in [1.54, 1.807) is 20.4 Å². The summed E-state index contributed by atoms with van der Waals surface area (Å²) in [5.74, 6) is 1.45. The van der Waals surface area contributed by atoms with Crippen molar-refractivity contribution in [2.24, 2.45) is 10.4 Å². The maximum absolute atomic E-state index is 11.7. The van der Waals surface area contributed by atoms with Crippen molar-refractivity contribution in [3.63, 3.8) is 0 Å². The Kier molecular flexibility index (Phi) is 5.41. The highest BCUT2D eigenvalue weighted by Crippen LogP contribution is 2.12. The first kappa shape index (κ1) is 15.1. The molecular formula is C13H22N4O2. The van der Waals surface area contributed by atoms with Crippen molar-refractivity contribution in [3.05, 3.63) is 24.2 Å². The summed E-state index contributed by atoms with van der Waals surface area (Å²) < 4.78 is 5.22. The molecule has 0 aliphatic rings. The van der Waals surface area contributed by atoms with Gasteiger partial charge in [0.05, 0.1) is 18.2 Å². The van der Waals surface area contributed by atoms with Crippen molar-refractivity contribution in [2.45, 2.75) is 20.4 Å². The van der Waals surface area contributed by atoms with Crippen LogP contribution in [0.4, 0.5) is 0 Å². The fourth-order valence-corrected chi connectivity index (χ4v) is 1.53. The molecule has 0 radical (unpaired) electrons. The van der Waals surface area contributed by atoms with E-state index in [9.17, 15) is 4.79 Å². The summed E-state index contributed by atoms with van der Waals surface area (Å²) in [6.45, 7) is 4.79. The third-order valence-corrected chi connectivity index (χ3v) is 2.77. The standard InChI is InChI=1S/C13H22N4O2/c1-13(2,11(18)14-3)9-17-12(15-4)16-8-10-6-5-7-19-10/h5-7H,8-9H2,1-4H3,(H,14,18)(H2,15,16,17). The molecule has 0 unspecified atom stereocenters. The molecule has 0 aliphatic heterocycles. The largest absolute Gasteiger partial charge is 0.467 e. The molecule has 0 saturated carbocycles. The van der Waals surface area contributed by atoms with Crippen LogP contribution in [0.15, 0.2) is 27.8 Å². The van der Waals surface area contributed by atoms with Crippen molar-refractivity contribution in [1.29, 1.82) is 0 Å². The molecule has 0 saturated heterocycles. The van der Waals surface area contributed by atoms with Gasteiger partial charge >= 0.3 is 0 Å². The molecule has 0 atom stereocenters. The van der Waals surface area contributed by atoms with Gasteiger partial charge in [-0.3, -0.25) is 9.79 Å². The van der Waals surface area contributed by atoms with Crippen molar-refractivity contribution in [3.8, 4) is 0 Å². The van der Waals surface area contributed by atoms with Gasteiger partial charge in [-0.05, 0) is 26.0 Å². The number of carbonyl (C=O) groups excluding carboxylic acids is 1. The summed E-state index contributed by atoms with van der Waals surface area (Å²) in [7, 11) is 3.32. The SMILES string of the molecule is CN=C(NCc1ccco1)NCC(C)(C)C(=O)NC. The van der Waals surface area contributed by atoms with Crippen molar-refractivity contribution >= 4 is 11.9 Å². The zero-order valence-corrected chi connectivity index (χ0v) is 11.9. The maximum Gasteiger partial charge on any atom is 0.227 e. The third kappa shape index (κ3) is 4.65. The van der Waals surface area contributed by atoms with Crippen LogP contribution in [0.5, 0.6) is 0 Å². The van der Waals surface area contributed by atoms with Gasteiger partial charge in [0.1, 0.15) is 5.76 Å². The molecule has 6 nitrogen and oxygen atoms in total. The Bertz CT molecular complexity index is 424. The van der Waals surface area contributed by atoms with Crippen LogP contribution in [-0.4, -0.2) is 32.5 Å². The lowest BCUT2D eigenvalue weighted by Crippen LogP contribution is -2.47. The van der Waals surface area contributed by atoms with Crippen LogP contribution in [0, 0.1) is 5.41 Å². The second-order valence-corrected chi connectivity index (χ2v) is 4.82. The lowest BCUT2D eigenvalue weighted by molar-refractivity contribution is -0.128. The van der Waals surface area contributed by atoms with E-state index in [0.717, 1.165) is 5.76 Å². The van der Waals surface area contributed by atoms with Gasteiger partial charge in [0.15, 0.2) is 5.96 Å². The Labute approximate surface area is 113 Å². The van der Waals surface area contributed by atoms with Crippen LogP contribution < -0.4 is 16.0 Å². The molecule has 0 fully saturated rings. The molecule has 1 heterocycles. The Hall–Kier alpha value is -1.98.